The molecule has 0 radical (unpaired) electrons. The highest BCUT2D eigenvalue weighted by Crippen LogP contribution is 2.12. The third-order valence-corrected chi connectivity index (χ3v) is 2.76. The molecule has 96 valence electrons. The highest BCUT2D eigenvalue weighted by atomic mass is 16.3. The van der Waals surface area contributed by atoms with Crippen molar-refractivity contribution in [1.82, 2.24) is 19.7 Å². The number of aromatic nitrogens is 4. The van der Waals surface area contributed by atoms with Gasteiger partial charge in [0.05, 0.1) is 12.8 Å². The Kier molecular flexibility index (Phi) is 3.57. The highest BCUT2D eigenvalue weighted by molar-refractivity contribution is 5.32. The summed E-state index contributed by atoms with van der Waals surface area (Å²) in [5.41, 5.74) is 2.67. The van der Waals surface area contributed by atoms with E-state index in [1.54, 1.807) is 10.9 Å². The maximum atomic E-state index is 9.08. The van der Waals surface area contributed by atoms with Crippen molar-refractivity contribution in [3.8, 4) is 0 Å². The summed E-state index contributed by atoms with van der Waals surface area (Å²) in [6.45, 7) is 2.54. The Hall–Kier alpha value is -1.95. The van der Waals surface area contributed by atoms with Gasteiger partial charge in [0.1, 0.15) is 0 Å². The molecule has 0 amide bonds. The summed E-state index contributed by atoms with van der Waals surface area (Å²) in [5, 5.41) is 13.2. The fourth-order valence-corrected chi connectivity index (χ4v) is 1.72. The van der Waals surface area contributed by atoms with Crippen molar-refractivity contribution < 1.29 is 5.11 Å². The summed E-state index contributed by atoms with van der Waals surface area (Å²) >= 11 is 0. The number of anilines is 1. The molecule has 0 aromatic carbocycles. The van der Waals surface area contributed by atoms with Crippen molar-refractivity contribution >= 4 is 5.95 Å². The SMILES string of the molecule is Cc1nc(N(C)Cc2cnn(C)c2)ncc1CO. The molecule has 0 bridgehead atoms. The van der Waals surface area contributed by atoms with Crippen molar-refractivity contribution in [2.45, 2.75) is 20.1 Å². The zero-order chi connectivity index (χ0) is 13.1. The van der Waals surface area contributed by atoms with Gasteiger partial charge in [0, 0.05) is 49.9 Å². The fourth-order valence-electron chi connectivity index (χ4n) is 1.72. The molecule has 0 aliphatic heterocycles. The minimum Gasteiger partial charge on any atom is -0.392 e. The Morgan fingerprint density at radius 3 is 2.72 bits per heavy atom. The molecule has 0 aliphatic carbocycles. The standard InChI is InChI=1S/C12H17N5O/c1-9-11(8-18)5-13-12(15-9)16(2)6-10-4-14-17(3)7-10/h4-5,7,18H,6,8H2,1-3H3. The van der Waals surface area contributed by atoms with Gasteiger partial charge in [0.15, 0.2) is 0 Å². The molecule has 0 spiro atoms. The lowest BCUT2D eigenvalue weighted by molar-refractivity contribution is 0.280. The minimum atomic E-state index is -0.0293. The largest absolute Gasteiger partial charge is 0.392 e. The zero-order valence-electron chi connectivity index (χ0n) is 10.8. The van der Waals surface area contributed by atoms with Crippen LogP contribution >= 0.6 is 0 Å². The first-order valence-corrected chi connectivity index (χ1v) is 5.72. The number of aliphatic hydroxyl groups excluding tert-OH is 1. The molecular weight excluding hydrogens is 230 g/mol. The van der Waals surface area contributed by atoms with Crippen molar-refractivity contribution in [3.63, 3.8) is 0 Å². The molecule has 0 unspecified atom stereocenters. The van der Waals surface area contributed by atoms with Crippen LogP contribution in [0.1, 0.15) is 16.8 Å². The van der Waals surface area contributed by atoms with E-state index in [0.29, 0.717) is 12.5 Å². The number of hydrogen-bond acceptors (Lipinski definition) is 5. The highest BCUT2D eigenvalue weighted by Gasteiger charge is 2.08. The van der Waals surface area contributed by atoms with E-state index < -0.39 is 0 Å². The molecule has 2 aromatic rings. The van der Waals surface area contributed by atoms with Crippen LogP contribution in [-0.4, -0.2) is 31.9 Å². The van der Waals surface area contributed by atoms with Crippen LogP contribution in [0.15, 0.2) is 18.6 Å². The molecule has 2 rings (SSSR count). The van der Waals surface area contributed by atoms with Gasteiger partial charge in [0.25, 0.3) is 0 Å². The Balaban J connectivity index is 2.13. The third-order valence-electron chi connectivity index (χ3n) is 2.76. The van der Waals surface area contributed by atoms with E-state index >= 15 is 0 Å². The Bertz CT molecular complexity index is 537. The Morgan fingerprint density at radius 2 is 2.17 bits per heavy atom. The molecule has 18 heavy (non-hydrogen) atoms. The van der Waals surface area contributed by atoms with Gasteiger partial charge in [-0.1, -0.05) is 0 Å². The molecule has 0 fully saturated rings. The lowest BCUT2D eigenvalue weighted by Gasteiger charge is -2.16. The second kappa shape index (κ2) is 5.14. The molecule has 0 aliphatic rings. The number of rotatable bonds is 4. The van der Waals surface area contributed by atoms with Crippen molar-refractivity contribution in [2.24, 2.45) is 7.05 Å². The van der Waals surface area contributed by atoms with E-state index in [2.05, 4.69) is 15.1 Å². The number of hydrogen-bond donors (Lipinski definition) is 1. The molecule has 1 N–H and O–H groups in total. The van der Waals surface area contributed by atoms with E-state index in [-0.39, 0.29) is 6.61 Å². The summed E-state index contributed by atoms with van der Waals surface area (Å²) in [6, 6.07) is 0. The molecule has 0 saturated heterocycles. The second-order valence-electron chi connectivity index (χ2n) is 4.32. The van der Waals surface area contributed by atoms with Crippen LogP contribution in [0.4, 0.5) is 5.95 Å². The quantitative estimate of drug-likeness (QED) is 0.859. The van der Waals surface area contributed by atoms with E-state index in [9.17, 15) is 0 Å². The van der Waals surface area contributed by atoms with E-state index in [4.69, 9.17) is 5.11 Å². The van der Waals surface area contributed by atoms with Crippen LogP contribution in [0.2, 0.25) is 0 Å². The first-order chi connectivity index (χ1) is 8.60. The van der Waals surface area contributed by atoms with Crippen LogP contribution in [0, 0.1) is 6.92 Å². The molecule has 0 saturated carbocycles. The summed E-state index contributed by atoms with van der Waals surface area (Å²) in [4.78, 5) is 10.6. The van der Waals surface area contributed by atoms with E-state index in [1.165, 1.54) is 0 Å². The van der Waals surface area contributed by atoms with Crippen LogP contribution in [-0.2, 0) is 20.2 Å². The maximum absolute atomic E-state index is 9.08. The number of nitrogens with zero attached hydrogens (tertiary/aromatic N) is 5. The summed E-state index contributed by atoms with van der Waals surface area (Å²) in [5.74, 6) is 0.647. The molecule has 2 aromatic heterocycles. The van der Waals surface area contributed by atoms with Gasteiger partial charge in [0.2, 0.25) is 5.95 Å². The van der Waals surface area contributed by atoms with Gasteiger partial charge in [-0.15, -0.1) is 0 Å². The predicted molar refractivity (Wildman–Crippen MR) is 68.0 cm³/mol. The third kappa shape index (κ3) is 2.65. The topological polar surface area (TPSA) is 67.1 Å². The average molecular weight is 247 g/mol. The molecule has 0 atom stereocenters. The van der Waals surface area contributed by atoms with Crippen LogP contribution < -0.4 is 4.90 Å². The molecule has 6 nitrogen and oxygen atoms in total. The van der Waals surface area contributed by atoms with Crippen molar-refractivity contribution in [3.05, 3.63) is 35.4 Å². The minimum absolute atomic E-state index is 0.0293. The van der Waals surface area contributed by atoms with Crippen molar-refractivity contribution in [2.75, 3.05) is 11.9 Å². The van der Waals surface area contributed by atoms with E-state index in [0.717, 1.165) is 16.8 Å². The van der Waals surface area contributed by atoms with Crippen LogP contribution in [0.3, 0.4) is 0 Å². The van der Waals surface area contributed by atoms with Gasteiger partial charge in [-0.3, -0.25) is 4.68 Å². The lowest BCUT2D eigenvalue weighted by atomic mass is 10.2. The van der Waals surface area contributed by atoms with Crippen molar-refractivity contribution in [1.29, 1.82) is 0 Å². The number of aliphatic hydroxyl groups is 1. The molecule has 2 heterocycles. The van der Waals surface area contributed by atoms with Gasteiger partial charge in [-0.25, -0.2) is 9.97 Å². The number of aryl methyl sites for hydroxylation is 2. The monoisotopic (exact) mass is 247 g/mol. The lowest BCUT2D eigenvalue weighted by Crippen LogP contribution is -2.19. The first kappa shape index (κ1) is 12.5. The molecule has 6 heteroatoms. The average Bonchev–Trinajstić information content (AvgIpc) is 2.74. The van der Waals surface area contributed by atoms with Gasteiger partial charge in [-0.2, -0.15) is 5.10 Å². The first-order valence-electron chi connectivity index (χ1n) is 5.72. The Morgan fingerprint density at radius 1 is 1.39 bits per heavy atom. The smallest absolute Gasteiger partial charge is 0.225 e. The van der Waals surface area contributed by atoms with E-state index in [1.807, 2.05) is 38.3 Å². The maximum Gasteiger partial charge on any atom is 0.225 e. The van der Waals surface area contributed by atoms with Crippen LogP contribution in [0.5, 0.6) is 0 Å². The summed E-state index contributed by atoms with van der Waals surface area (Å²) < 4.78 is 1.77. The second-order valence-corrected chi connectivity index (χ2v) is 4.32. The Labute approximate surface area is 106 Å². The predicted octanol–water partition coefficient (Wildman–Crippen LogP) is 0.647. The van der Waals surface area contributed by atoms with Crippen LogP contribution in [0.25, 0.3) is 0 Å². The van der Waals surface area contributed by atoms with Gasteiger partial charge >= 0.3 is 0 Å². The summed E-state index contributed by atoms with van der Waals surface area (Å²) in [6.07, 6.45) is 5.45. The molecular formula is C12H17N5O. The summed E-state index contributed by atoms with van der Waals surface area (Å²) in [7, 11) is 3.82. The zero-order valence-corrected chi connectivity index (χ0v) is 10.8. The van der Waals surface area contributed by atoms with Gasteiger partial charge in [-0.05, 0) is 6.92 Å². The van der Waals surface area contributed by atoms with Gasteiger partial charge < -0.3 is 10.0 Å². The normalized spacial score (nSPS) is 10.7. The fraction of sp³-hybridized carbons (Fsp3) is 0.417.